The van der Waals surface area contributed by atoms with Crippen LogP contribution in [0.5, 0.6) is 0 Å². The van der Waals surface area contributed by atoms with Crippen molar-refractivity contribution in [1.29, 1.82) is 5.41 Å². The molecule has 0 amide bonds. The average Bonchev–Trinajstić information content (AvgIpc) is 2.75. The summed E-state index contributed by atoms with van der Waals surface area (Å²) < 4.78 is 0. The standard InChI is InChI=1S/C9H15N3O4/c1-4(10)9-11-2-5(12-9)7(15)8(16)6(14)3-13/h2,6-8,10,13-16H,3H2,1H3,(H,11,12)/t6-,7?,8?/m1/s1. The molecule has 1 aromatic heterocycles. The first-order valence-electron chi connectivity index (χ1n) is 4.72. The molecule has 90 valence electrons. The van der Waals surface area contributed by atoms with Crippen LogP contribution in [0.1, 0.15) is 24.5 Å². The molecule has 1 aromatic rings. The molecule has 16 heavy (non-hydrogen) atoms. The normalized spacial score (nSPS) is 16.8. The number of aromatic nitrogens is 2. The van der Waals surface area contributed by atoms with E-state index in [1.165, 1.54) is 13.1 Å². The third-order valence-corrected chi connectivity index (χ3v) is 2.17. The highest BCUT2D eigenvalue weighted by molar-refractivity contribution is 5.92. The molecule has 2 unspecified atom stereocenters. The second-order valence-electron chi connectivity index (χ2n) is 3.50. The SMILES string of the molecule is CC(=N)c1ncc(C(O)C(O)[C@H](O)CO)[nH]1. The van der Waals surface area contributed by atoms with Crippen LogP contribution < -0.4 is 0 Å². The van der Waals surface area contributed by atoms with E-state index in [9.17, 15) is 10.2 Å². The molecule has 0 aliphatic heterocycles. The van der Waals surface area contributed by atoms with Gasteiger partial charge < -0.3 is 30.8 Å². The van der Waals surface area contributed by atoms with E-state index in [1.54, 1.807) is 0 Å². The fraction of sp³-hybridized carbons (Fsp3) is 0.556. The summed E-state index contributed by atoms with van der Waals surface area (Å²) in [6, 6.07) is 0. The van der Waals surface area contributed by atoms with Crippen molar-refractivity contribution >= 4 is 5.71 Å². The highest BCUT2D eigenvalue weighted by Gasteiger charge is 2.26. The number of hydrogen-bond donors (Lipinski definition) is 6. The Balaban J connectivity index is 2.79. The van der Waals surface area contributed by atoms with Crippen LogP contribution in [-0.4, -0.2) is 54.9 Å². The van der Waals surface area contributed by atoms with Crippen LogP contribution in [0.25, 0.3) is 0 Å². The lowest BCUT2D eigenvalue weighted by Gasteiger charge is -2.20. The van der Waals surface area contributed by atoms with Gasteiger partial charge in [0.1, 0.15) is 18.3 Å². The number of aliphatic hydroxyl groups is 4. The maximum absolute atomic E-state index is 9.62. The van der Waals surface area contributed by atoms with Crippen molar-refractivity contribution in [1.82, 2.24) is 9.97 Å². The van der Waals surface area contributed by atoms with Crippen LogP contribution in [0.3, 0.4) is 0 Å². The highest BCUT2D eigenvalue weighted by Crippen LogP contribution is 2.17. The zero-order valence-corrected chi connectivity index (χ0v) is 8.75. The van der Waals surface area contributed by atoms with Gasteiger partial charge in [-0.3, -0.25) is 0 Å². The van der Waals surface area contributed by atoms with E-state index in [0.717, 1.165) is 0 Å². The van der Waals surface area contributed by atoms with Crippen molar-refractivity contribution in [3.05, 3.63) is 17.7 Å². The van der Waals surface area contributed by atoms with E-state index >= 15 is 0 Å². The van der Waals surface area contributed by atoms with Gasteiger partial charge in [0.05, 0.1) is 24.2 Å². The molecule has 3 atom stereocenters. The minimum Gasteiger partial charge on any atom is -0.394 e. The molecule has 7 nitrogen and oxygen atoms in total. The van der Waals surface area contributed by atoms with Gasteiger partial charge in [0.25, 0.3) is 0 Å². The van der Waals surface area contributed by atoms with E-state index in [2.05, 4.69) is 9.97 Å². The molecule has 0 radical (unpaired) electrons. The Morgan fingerprint density at radius 1 is 1.50 bits per heavy atom. The molecular formula is C9H15N3O4. The Morgan fingerprint density at radius 3 is 2.56 bits per heavy atom. The van der Waals surface area contributed by atoms with Crippen LogP contribution in [0, 0.1) is 5.41 Å². The Hall–Kier alpha value is -1.28. The summed E-state index contributed by atoms with van der Waals surface area (Å²) in [5.74, 6) is 0.278. The highest BCUT2D eigenvalue weighted by atomic mass is 16.4. The zero-order valence-electron chi connectivity index (χ0n) is 8.75. The molecule has 7 heteroatoms. The summed E-state index contributed by atoms with van der Waals surface area (Å²) in [7, 11) is 0. The summed E-state index contributed by atoms with van der Waals surface area (Å²) >= 11 is 0. The zero-order chi connectivity index (χ0) is 12.3. The molecule has 1 rings (SSSR count). The van der Waals surface area contributed by atoms with Gasteiger partial charge >= 0.3 is 0 Å². The van der Waals surface area contributed by atoms with Crippen LogP contribution in [0.15, 0.2) is 6.20 Å². The second-order valence-corrected chi connectivity index (χ2v) is 3.50. The number of hydrogen-bond acceptors (Lipinski definition) is 6. The Kier molecular flexibility index (Phi) is 4.13. The number of nitrogens with zero attached hydrogens (tertiary/aromatic N) is 1. The van der Waals surface area contributed by atoms with E-state index in [4.69, 9.17) is 15.6 Å². The van der Waals surface area contributed by atoms with Crippen molar-refractivity contribution in [2.45, 2.75) is 25.2 Å². The average molecular weight is 229 g/mol. The molecule has 0 saturated heterocycles. The molecule has 0 spiro atoms. The Labute approximate surface area is 91.9 Å². The smallest absolute Gasteiger partial charge is 0.150 e. The molecule has 0 saturated carbocycles. The van der Waals surface area contributed by atoms with E-state index in [1.807, 2.05) is 0 Å². The lowest BCUT2D eigenvalue weighted by molar-refractivity contribution is -0.0788. The fourth-order valence-electron chi connectivity index (χ4n) is 1.18. The number of aromatic amines is 1. The van der Waals surface area contributed by atoms with Gasteiger partial charge in [0.2, 0.25) is 0 Å². The molecule has 1 heterocycles. The molecule has 0 aromatic carbocycles. The number of rotatable bonds is 5. The van der Waals surface area contributed by atoms with Gasteiger partial charge in [0.15, 0.2) is 5.82 Å². The van der Waals surface area contributed by atoms with Gasteiger partial charge in [-0.15, -0.1) is 0 Å². The van der Waals surface area contributed by atoms with Gasteiger partial charge in [-0.1, -0.05) is 0 Å². The van der Waals surface area contributed by atoms with Crippen molar-refractivity contribution in [3.8, 4) is 0 Å². The topological polar surface area (TPSA) is 133 Å². The lowest BCUT2D eigenvalue weighted by atomic mass is 10.1. The predicted octanol–water partition coefficient (Wildman–Crippen LogP) is -1.46. The molecule has 6 N–H and O–H groups in total. The van der Waals surface area contributed by atoms with Gasteiger partial charge in [0, 0.05) is 0 Å². The van der Waals surface area contributed by atoms with Gasteiger partial charge in [-0.2, -0.15) is 0 Å². The summed E-state index contributed by atoms with van der Waals surface area (Å²) in [6.45, 7) is 0.872. The monoisotopic (exact) mass is 229 g/mol. The number of H-pyrrole nitrogens is 1. The maximum Gasteiger partial charge on any atom is 0.150 e. The summed E-state index contributed by atoms with van der Waals surface area (Å²) in [5.41, 5.74) is 0.372. The van der Waals surface area contributed by atoms with Crippen molar-refractivity contribution < 1.29 is 20.4 Å². The van der Waals surface area contributed by atoms with Gasteiger partial charge in [-0.25, -0.2) is 4.98 Å². The number of imidazole rings is 1. The van der Waals surface area contributed by atoms with Crippen LogP contribution in [0.4, 0.5) is 0 Å². The summed E-state index contributed by atoms with van der Waals surface area (Å²) in [6.07, 6.45) is -3.05. The first kappa shape index (κ1) is 12.8. The third kappa shape index (κ3) is 2.64. The molecule has 0 fully saturated rings. The minimum atomic E-state index is -1.51. The van der Waals surface area contributed by atoms with E-state index in [0.29, 0.717) is 0 Å². The summed E-state index contributed by atoms with van der Waals surface area (Å²) in [4.78, 5) is 6.44. The number of aliphatic hydroxyl groups excluding tert-OH is 4. The quantitative estimate of drug-likeness (QED) is 0.343. The first-order chi connectivity index (χ1) is 7.47. The lowest BCUT2D eigenvalue weighted by Crippen LogP contribution is -2.34. The molecule has 0 aliphatic rings. The first-order valence-corrected chi connectivity index (χ1v) is 4.72. The predicted molar refractivity (Wildman–Crippen MR) is 55.1 cm³/mol. The third-order valence-electron chi connectivity index (χ3n) is 2.17. The molecule has 0 bridgehead atoms. The maximum atomic E-state index is 9.62. The number of nitrogens with one attached hydrogen (secondary N) is 2. The largest absolute Gasteiger partial charge is 0.394 e. The van der Waals surface area contributed by atoms with E-state index in [-0.39, 0.29) is 17.2 Å². The van der Waals surface area contributed by atoms with Crippen LogP contribution >= 0.6 is 0 Å². The van der Waals surface area contributed by atoms with Crippen molar-refractivity contribution in [2.75, 3.05) is 6.61 Å². The fourth-order valence-corrected chi connectivity index (χ4v) is 1.18. The Bertz CT molecular complexity index is 365. The van der Waals surface area contributed by atoms with Crippen molar-refractivity contribution in [2.24, 2.45) is 0 Å². The van der Waals surface area contributed by atoms with E-state index < -0.39 is 24.9 Å². The van der Waals surface area contributed by atoms with Crippen LogP contribution in [-0.2, 0) is 0 Å². The summed E-state index contributed by atoms with van der Waals surface area (Å²) in [5, 5.41) is 44.1. The van der Waals surface area contributed by atoms with Crippen molar-refractivity contribution in [3.63, 3.8) is 0 Å². The minimum absolute atomic E-state index is 0.182. The second kappa shape index (κ2) is 5.17. The molecular weight excluding hydrogens is 214 g/mol. The van der Waals surface area contributed by atoms with Gasteiger partial charge in [-0.05, 0) is 6.92 Å². The molecule has 0 aliphatic carbocycles. The Morgan fingerprint density at radius 2 is 2.12 bits per heavy atom. The van der Waals surface area contributed by atoms with Crippen LogP contribution in [0.2, 0.25) is 0 Å².